The van der Waals surface area contributed by atoms with Gasteiger partial charge >= 0.3 is 0 Å². The van der Waals surface area contributed by atoms with Crippen molar-refractivity contribution >= 4 is 21.8 Å². The van der Waals surface area contributed by atoms with Crippen LogP contribution in [0.15, 0.2) is 22.7 Å². The second-order valence-electron chi connectivity index (χ2n) is 3.91. The van der Waals surface area contributed by atoms with Crippen molar-refractivity contribution in [3.63, 3.8) is 0 Å². The Morgan fingerprint density at radius 3 is 2.89 bits per heavy atom. The predicted molar refractivity (Wildman–Crippen MR) is 73.6 cm³/mol. The first-order valence-electron chi connectivity index (χ1n) is 5.91. The van der Waals surface area contributed by atoms with Gasteiger partial charge in [0.25, 0.3) is 0 Å². The van der Waals surface area contributed by atoms with Crippen LogP contribution in [0, 0.1) is 0 Å². The highest BCUT2D eigenvalue weighted by atomic mass is 79.9. The van der Waals surface area contributed by atoms with Gasteiger partial charge in [-0.25, -0.2) is 0 Å². The summed E-state index contributed by atoms with van der Waals surface area (Å²) < 4.78 is 6.41. The zero-order valence-electron chi connectivity index (χ0n) is 10.6. The van der Waals surface area contributed by atoms with Gasteiger partial charge in [-0.3, -0.25) is 4.79 Å². The number of hydrogen-bond acceptors (Lipinski definition) is 3. The third-order valence-electron chi connectivity index (χ3n) is 2.38. The zero-order chi connectivity index (χ0) is 13.5. The number of amides is 1. The van der Waals surface area contributed by atoms with E-state index in [-0.39, 0.29) is 5.91 Å². The molecule has 1 amide bonds. The maximum absolute atomic E-state index is 11.3. The van der Waals surface area contributed by atoms with Crippen LogP contribution in [0.3, 0.4) is 0 Å². The van der Waals surface area contributed by atoms with Crippen LogP contribution in [-0.4, -0.2) is 24.2 Å². The first kappa shape index (κ1) is 15.0. The summed E-state index contributed by atoms with van der Waals surface area (Å²) in [7, 11) is 0. The molecule has 1 aromatic rings. The summed E-state index contributed by atoms with van der Waals surface area (Å²) in [5.41, 5.74) is 0.709. The van der Waals surface area contributed by atoms with Gasteiger partial charge in [-0.1, -0.05) is 15.9 Å². The number of nitrogens with one attached hydrogen (secondary N) is 1. The zero-order valence-corrected chi connectivity index (χ0v) is 12.2. The molecule has 0 bridgehead atoms. The van der Waals surface area contributed by atoms with E-state index < -0.39 is 6.10 Å². The van der Waals surface area contributed by atoms with E-state index in [0.717, 1.165) is 4.47 Å². The Hall–Kier alpha value is -1.07. The van der Waals surface area contributed by atoms with Crippen LogP contribution in [0.25, 0.3) is 0 Å². The Bertz CT molecular complexity index is 407. The van der Waals surface area contributed by atoms with E-state index in [1.165, 1.54) is 0 Å². The van der Waals surface area contributed by atoms with E-state index >= 15 is 0 Å². The van der Waals surface area contributed by atoms with Gasteiger partial charge in [0.15, 0.2) is 0 Å². The van der Waals surface area contributed by atoms with Gasteiger partial charge in [0.05, 0.1) is 19.1 Å². The summed E-state index contributed by atoms with van der Waals surface area (Å²) in [6.07, 6.45) is -0.301. The van der Waals surface area contributed by atoms with E-state index in [1.807, 2.05) is 19.1 Å². The fourth-order valence-corrected chi connectivity index (χ4v) is 1.90. The summed E-state index contributed by atoms with van der Waals surface area (Å²) >= 11 is 3.35. The lowest BCUT2D eigenvalue weighted by Gasteiger charge is -2.13. The molecule has 0 aliphatic rings. The maximum Gasteiger partial charge on any atom is 0.223 e. The summed E-state index contributed by atoms with van der Waals surface area (Å²) in [5, 5.41) is 12.3. The van der Waals surface area contributed by atoms with Crippen molar-refractivity contribution in [3.05, 3.63) is 28.2 Å². The molecule has 0 aliphatic heterocycles. The smallest absolute Gasteiger partial charge is 0.223 e. The van der Waals surface area contributed by atoms with Gasteiger partial charge in [0, 0.05) is 16.6 Å². The number of carbonyl (C=O) groups is 1. The molecule has 18 heavy (non-hydrogen) atoms. The largest absolute Gasteiger partial charge is 0.493 e. The monoisotopic (exact) mass is 315 g/mol. The van der Waals surface area contributed by atoms with E-state index in [9.17, 15) is 9.90 Å². The van der Waals surface area contributed by atoms with E-state index in [0.29, 0.717) is 30.9 Å². The summed E-state index contributed by atoms with van der Waals surface area (Å²) in [6.45, 7) is 4.47. The van der Waals surface area contributed by atoms with Gasteiger partial charge in [-0.05, 0) is 32.0 Å². The Kier molecular flexibility index (Phi) is 6.15. The molecule has 2 N–H and O–H groups in total. The van der Waals surface area contributed by atoms with Crippen LogP contribution in [0.1, 0.15) is 31.9 Å². The topological polar surface area (TPSA) is 58.6 Å². The highest BCUT2D eigenvalue weighted by Gasteiger charge is 2.10. The van der Waals surface area contributed by atoms with Crippen LogP contribution in [0.4, 0.5) is 0 Å². The number of halogens is 1. The number of aliphatic hydroxyl groups excluding tert-OH is 1. The number of carbonyl (C=O) groups excluding carboxylic acids is 1. The number of ether oxygens (including phenoxy) is 1. The Morgan fingerprint density at radius 2 is 2.28 bits per heavy atom. The van der Waals surface area contributed by atoms with E-state index in [2.05, 4.69) is 21.2 Å². The Balaban J connectivity index is 2.59. The maximum atomic E-state index is 11.3. The highest BCUT2D eigenvalue weighted by molar-refractivity contribution is 9.10. The van der Waals surface area contributed by atoms with Crippen LogP contribution >= 0.6 is 15.9 Å². The van der Waals surface area contributed by atoms with Crippen molar-refractivity contribution in [2.24, 2.45) is 0 Å². The van der Waals surface area contributed by atoms with Crippen molar-refractivity contribution in [1.82, 2.24) is 5.32 Å². The molecule has 0 spiro atoms. The van der Waals surface area contributed by atoms with Crippen LogP contribution in [0.5, 0.6) is 5.75 Å². The third kappa shape index (κ3) is 4.66. The highest BCUT2D eigenvalue weighted by Crippen LogP contribution is 2.28. The second-order valence-corrected chi connectivity index (χ2v) is 4.83. The summed E-state index contributed by atoms with van der Waals surface area (Å²) in [6, 6.07) is 5.43. The number of benzene rings is 1. The lowest BCUT2D eigenvalue weighted by atomic mass is 10.1. The van der Waals surface area contributed by atoms with Crippen molar-refractivity contribution < 1.29 is 14.6 Å². The fraction of sp³-hybridized carbons (Fsp3) is 0.462. The van der Waals surface area contributed by atoms with Gasteiger partial charge in [0.1, 0.15) is 5.75 Å². The molecule has 0 saturated carbocycles. The van der Waals surface area contributed by atoms with Crippen molar-refractivity contribution in [1.29, 1.82) is 0 Å². The average molecular weight is 316 g/mol. The normalized spacial score (nSPS) is 12.0. The molecule has 0 heterocycles. The molecule has 0 saturated heterocycles. The molecule has 1 rings (SSSR count). The second kappa shape index (κ2) is 7.38. The van der Waals surface area contributed by atoms with E-state index in [1.54, 1.807) is 13.0 Å². The number of hydrogen-bond donors (Lipinski definition) is 2. The molecule has 5 heteroatoms. The number of rotatable bonds is 6. The molecule has 100 valence electrons. The Morgan fingerprint density at radius 1 is 1.56 bits per heavy atom. The minimum Gasteiger partial charge on any atom is -0.493 e. The number of aliphatic hydroxyl groups is 1. The molecular weight excluding hydrogens is 298 g/mol. The quantitative estimate of drug-likeness (QED) is 0.847. The molecule has 0 fully saturated rings. The third-order valence-corrected chi connectivity index (χ3v) is 2.88. The standard InChI is InChI=1S/C13H18BrNO3/c1-3-15-13(17)6-7-18-12-5-4-10(14)8-11(12)9(2)16/h4-5,8-9,16H,3,6-7H2,1-2H3,(H,15,17)/t9-/m0/s1. The molecule has 1 atom stereocenters. The SMILES string of the molecule is CCNC(=O)CCOc1ccc(Br)cc1[C@H](C)O. The summed E-state index contributed by atoms with van der Waals surface area (Å²) in [5.74, 6) is 0.575. The molecule has 0 aromatic heterocycles. The van der Waals surface area contributed by atoms with Crippen LogP contribution < -0.4 is 10.1 Å². The average Bonchev–Trinajstić information content (AvgIpc) is 2.31. The molecular formula is C13H18BrNO3. The van der Waals surface area contributed by atoms with Crippen LogP contribution in [0.2, 0.25) is 0 Å². The van der Waals surface area contributed by atoms with Gasteiger partial charge in [-0.15, -0.1) is 0 Å². The van der Waals surface area contributed by atoms with Crippen LogP contribution in [-0.2, 0) is 4.79 Å². The fourth-order valence-electron chi connectivity index (χ4n) is 1.52. The lowest BCUT2D eigenvalue weighted by Crippen LogP contribution is -2.24. The molecule has 4 nitrogen and oxygen atoms in total. The van der Waals surface area contributed by atoms with Gasteiger partial charge in [0.2, 0.25) is 5.91 Å². The minimum atomic E-state index is -0.609. The predicted octanol–water partition coefficient (Wildman–Crippen LogP) is 2.41. The van der Waals surface area contributed by atoms with Gasteiger partial charge in [-0.2, -0.15) is 0 Å². The first-order valence-corrected chi connectivity index (χ1v) is 6.71. The van der Waals surface area contributed by atoms with Gasteiger partial charge < -0.3 is 15.2 Å². The molecule has 0 unspecified atom stereocenters. The lowest BCUT2D eigenvalue weighted by molar-refractivity contribution is -0.121. The molecule has 1 aromatic carbocycles. The molecule has 0 aliphatic carbocycles. The van der Waals surface area contributed by atoms with Crippen molar-refractivity contribution in [2.45, 2.75) is 26.4 Å². The van der Waals surface area contributed by atoms with E-state index in [4.69, 9.17) is 4.74 Å². The van der Waals surface area contributed by atoms with Crippen molar-refractivity contribution in [3.8, 4) is 5.75 Å². The molecule has 0 radical (unpaired) electrons. The van der Waals surface area contributed by atoms with Crippen molar-refractivity contribution in [2.75, 3.05) is 13.2 Å². The first-order chi connectivity index (χ1) is 8.54. The summed E-state index contributed by atoms with van der Waals surface area (Å²) in [4.78, 5) is 11.3. The Labute approximate surface area is 115 Å². The minimum absolute atomic E-state index is 0.0341.